The van der Waals surface area contributed by atoms with Crippen LogP contribution in [-0.2, 0) is 15.8 Å². The Morgan fingerprint density at radius 2 is 1.70 bits per heavy atom. The monoisotopic (exact) mass is 325 g/mol. The van der Waals surface area contributed by atoms with Gasteiger partial charge < -0.3 is 10.4 Å². The fraction of sp³-hybridized carbons (Fsp3) is 0.375. The lowest BCUT2D eigenvalue weighted by Crippen LogP contribution is -2.36. The van der Waals surface area contributed by atoms with Gasteiger partial charge in [0.15, 0.2) is 0 Å². The Morgan fingerprint density at radius 3 is 2.30 bits per heavy atom. The molecule has 0 heterocycles. The fourth-order valence-electron chi connectivity index (χ4n) is 3.57. The summed E-state index contributed by atoms with van der Waals surface area (Å²) < 4.78 is 38.9. The molecule has 0 unspecified atom stereocenters. The average molecular weight is 325 g/mol. The number of halogens is 3. The summed E-state index contributed by atoms with van der Waals surface area (Å²) in [6, 6.07) is 4.67. The molecule has 7 heteroatoms. The number of rotatable bonds is 3. The van der Waals surface area contributed by atoms with Crippen LogP contribution in [0, 0.1) is 23.7 Å². The number of hydrogen-bond donors (Lipinski definition) is 2. The third kappa shape index (κ3) is 2.71. The zero-order valence-corrected chi connectivity index (χ0v) is 11.9. The summed E-state index contributed by atoms with van der Waals surface area (Å²) in [5, 5.41) is 11.6. The summed E-state index contributed by atoms with van der Waals surface area (Å²) in [6.07, 6.45) is -0.485. The van der Waals surface area contributed by atoms with Crippen LogP contribution in [0.3, 0.4) is 0 Å². The minimum absolute atomic E-state index is 0.230. The van der Waals surface area contributed by atoms with E-state index in [0.29, 0.717) is 6.42 Å². The normalized spacial score (nSPS) is 28.8. The van der Waals surface area contributed by atoms with E-state index in [9.17, 15) is 27.9 Å². The molecule has 0 aromatic heterocycles. The van der Waals surface area contributed by atoms with Crippen molar-refractivity contribution in [3.05, 3.63) is 42.0 Å². The van der Waals surface area contributed by atoms with Gasteiger partial charge in [0.2, 0.25) is 5.91 Å². The SMILES string of the molecule is O=C(O)[C@@H]1[C@H](C(=O)Nc2ccccc2C(F)(F)F)[C@@H]2C=C[C@H]1C2. The van der Waals surface area contributed by atoms with E-state index in [1.807, 2.05) is 0 Å². The van der Waals surface area contributed by atoms with Crippen molar-refractivity contribution in [2.75, 3.05) is 5.32 Å². The van der Waals surface area contributed by atoms with Gasteiger partial charge in [0.1, 0.15) is 0 Å². The van der Waals surface area contributed by atoms with Crippen molar-refractivity contribution in [2.45, 2.75) is 12.6 Å². The maximum Gasteiger partial charge on any atom is 0.418 e. The van der Waals surface area contributed by atoms with Gasteiger partial charge >= 0.3 is 12.1 Å². The van der Waals surface area contributed by atoms with Crippen LogP contribution in [0.1, 0.15) is 12.0 Å². The highest BCUT2D eigenvalue weighted by Gasteiger charge is 2.51. The van der Waals surface area contributed by atoms with Gasteiger partial charge in [-0.05, 0) is 30.4 Å². The number of carbonyl (C=O) groups is 2. The molecular weight excluding hydrogens is 311 g/mol. The molecule has 122 valence electrons. The Morgan fingerprint density at radius 1 is 1.09 bits per heavy atom. The predicted octanol–water partition coefficient (Wildman–Crippen LogP) is 3.17. The molecule has 0 radical (unpaired) electrons. The van der Waals surface area contributed by atoms with Gasteiger partial charge in [0.05, 0.1) is 23.1 Å². The molecule has 4 nitrogen and oxygen atoms in total. The van der Waals surface area contributed by atoms with E-state index >= 15 is 0 Å². The van der Waals surface area contributed by atoms with Crippen LogP contribution in [-0.4, -0.2) is 17.0 Å². The van der Waals surface area contributed by atoms with Crippen LogP contribution in [0.5, 0.6) is 0 Å². The lowest BCUT2D eigenvalue weighted by Gasteiger charge is -2.24. The van der Waals surface area contributed by atoms with E-state index in [4.69, 9.17) is 0 Å². The molecule has 2 aliphatic rings. The number of amides is 1. The minimum atomic E-state index is -4.59. The number of carboxylic acid groups (broad SMARTS) is 1. The van der Waals surface area contributed by atoms with E-state index in [1.54, 1.807) is 12.2 Å². The fourth-order valence-corrected chi connectivity index (χ4v) is 3.57. The second kappa shape index (κ2) is 5.40. The van der Waals surface area contributed by atoms with Crippen molar-refractivity contribution < 1.29 is 27.9 Å². The molecule has 2 aliphatic carbocycles. The molecule has 23 heavy (non-hydrogen) atoms. The molecule has 1 amide bonds. The van der Waals surface area contributed by atoms with E-state index in [2.05, 4.69) is 5.32 Å². The largest absolute Gasteiger partial charge is 0.481 e. The van der Waals surface area contributed by atoms with Gasteiger partial charge in [0.25, 0.3) is 0 Å². The first-order valence-corrected chi connectivity index (χ1v) is 7.17. The highest BCUT2D eigenvalue weighted by molar-refractivity contribution is 5.97. The summed E-state index contributed by atoms with van der Waals surface area (Å²) in [5.74, 6) is -3.96. The molecule has 1 fully saturated rings. The van der Waals surface area contributed by atoms with E-state index in [-0.39, 0.29) is 17.5 Å². The molecule has 2 bridgehead atoms. The molecule has 1 aromatic rings. The van der Waals surface area contributed by atoms with Crippen LogP contribution in [0.2, 0.25) is 0 Å². The van der Waals surface area contributed by atoms with Crippen LogP contribution in [0.25, 0.3) is 0 Å². The third-order valence-electron chi connectivity index (χ3n) is 4.54. The summed E-state index contributed by atoms with van der Waals surface area (Å²) in [4.78, 5) is 23.8. The summed E-state index contributed by atoms with van der Waals surface area (Å²) >= 11 is 0. The maximum atomic E-state index is 13.0. The van der Waals surface area contributed by atoms with Crippen molar-refractivity contribution in [1.29, 1.82) is 0 Å². The van der Waals surface area contributed by atoms with Crippen molar-refractivity contribution >= 4 is 17.6 Å². The average Bonchev–Trinajstić information content (AvgIpc) is 3.07. The highest BCUT2D eigenvalue weighted by Crippen LogP contribution is 2.48. The first kappa shape index (κ1) is 15.6. The number of carboxylic acids is 1. The first-order valence-electron chi connectivity index (χ1n) is 7.17. The minimum Gasteiger partial charge on any atom is -0.481 e. The smallest absolute Gasteiger partial charge is 0.418 e. The number of nitrogens with one attached hydrogen (secondary N) is 1. The van der Waals surface area contributed by atoms with Crippen LogP contribution in [0.4, 0.5) is 18.9 Å². The summed E-state index contributed by atoms with van der Waals surface area (Å²) in [6.45, 7) is 0. The van der Waals surface area contributed by atoms with Gasteiger partial charge in [-0.3, -0.25) is 9.59 Å². The van der Waals surface area contributed by atoms with Gasteiger partial charge in [-0.2, -0.15) is 13.2 Å². The molecule has 1 aromatic carbocycles. The van der Waals surface area contributed by atoms with E-state index < -0.39 is 35.5 Å². The number of anilines is 1. The lowest BCUT2D eigenvalue weighted by molar-refractivity contribution is -0.147. The summed E-state index contributed by atoms with van der Waals surface area (Å²) in [7, 11) is 0. The number of hydrogen-bond acceptors (Lipinski definition) is 2. The number of allylic oxidation sites excluding steroid dienone is 2. The second-order valence-corrected chi connectivity index (χ2v) is 5.87. The summed E-state index contributed by atoms with van der Waals surface area (Å²) in [5.41, 5.74) is -1.29. The molecular formula is C16H14F3NO3. The lowest BCUT2D eigenvalue weighted by atomic mass is 9.82. The Hall–Kier alpha value is -2.31. The zero-order valence-electron chi connectivity index (χ0n) is 11.9. The number of benzene rings is 1. The molecule has 0 saturated heterocycles. The first-order chi connectivity index (χ1) is 10.8. The topological polar surface area (TPSA) is 66.4 Å². The van der Waals surface area contributed by atoms with Crippen LogP contribution < -0.4 is 5.32 Å². The third-order valence-corrected chi connectivity index (χ3v) is 4.54. The Bertz CT molecular complexity index is 683. The molecule has 4 atom stereocenters. The number of aliphatic carboxylic acids is 1. The molecule has 2 N–H and O–H groups in total. The zero-order chi connectivity index (χ0) is 16.8. The number of carbonyl (C=O) groups excluding carboxylic acids is 1. The predicted molar refractivity (Wildman–Crippen MR) is 75.4 cm³/mol. The Labute approximate surface area is 130 Å². The van der Waals surface area contributed by atoms with E-state index in [0.717, 1.165) is 6.07 Å². The Balaban J connectivity index is 1.86. The molecule has 0 aliphatic heterocycles. The van der Waals surface area contributed by atoms with Gasteiger partial charge in [-0.15, -0.1) is 0 Å². The van der Waals surface area contributed by atoms with Crippen LogP contribution in [0.15, 0.2) is 36.4 Å². The molecule has 3 rings (SSSR count). The van der Waals surface area contributed by atoms with Crippen molar-refractivity contribution in [3.63, 3.8) is 0 Å². The van der Waals surface area contributed by atoms with Crippen LogP contribution >= 0.6 is 0 Å². The van der Waals surface area contributed by atoms with Crippen molar-refractivity contribution in [1.82, 2.24) is 0 Å². The number of fused-ring (bicyclic) bond motifs is 2. The van der Waals surface area contributed by atoms with Gasteiger partial charge in [-0.1, -0.05) is 24.3 Å². The Kier molecular flexibility index (Phi) is 3.66. The van der Waals surface area contributed by atoms with Gasteiger partial charge in [-0.25, -0.2) is 0 Å². The van der Waals surface area contributed by atoms with Crippen molar-refractivity contribution in [2.24, 2.45) is 23.7 Å². The number of para-hydroxylation sites is 1. The molecule has 1 saturated carbocycles. The standard InChI is InChI=1S/C16H14F3NO3/c17-16(18,19)10-3-1-2-4-11(10)20-14(21)12-8-5-6-9(7-8)13(12)15(22)23/h1-6,8-9,12-13H,7H2,(H,20,21)(H,22,23)/t8-,9+,12-,13+/m1/s1. The van der Waals surface area contributed by atoms with Crippen molar-refractivity contribution in [3.8, 4) is 0 Å². The number of alkyl halides is 3. The van der Waals surface area contributed by atoms with E-state index in [1.165, 1.54) is 18.2 Å². The molecule has 0 spiro atoms. The second-order valence-electron chi connectivity index (χ2n) is 5.87. The van der Waals surface area contributed by atoms with Gasteiger partial charge in [0, 0.05) is 0 Å². The quantitative estimate of drug-likeness (QED) is 0.839. The highest BCUT2D eigenvalue weighted by atomic mass is 19.4. The maximum absolute atomic E-state index is 13.0.